The first-order valence-corrected chi connectivity index (χ1v) is 12.8. The lowest BCUT2D eigenvalue weighted by Crippen LogP contribution is -2.58. The van der Waals surface area contributed by atoms with Crippen molar-refractivity contribution < 1.29 is 0 Å². The Hall–Kier alpha value is -0.160. The van der Waals surface area contributed by atoms with Crippen LogP contribution in [-0.2, 0) is 0 Å². The van der Waals surface area contributed by atoms with Gasteiger partial charge in [0.05, 0.1) is 0 Å². The summed E-state index contributed by atoms with van der Waals surface area (Å²) < 4.78 is 0. The van der Waals surface area contributed by atoms with Gasteiger partial charge in [-0.15, -0.1) is 0 Å². The quantitative estimate of drug-likeness (QED) is 0.691. The van der Waals surface area contributed by atoms with Crippen molar-refractivity contribution in [3.63, 3.8) is 0 Å². The van der Waals surface area contributed by atoms with Gasteiger partial charge in [0.25, 0.3) is 0 Å². The predicted molar refractivity (Wildman–Crippen MR) is 123 cm³/mol. The van der Waals surface area contributed by atoms with Crippen LogP contribution in [0.5, 0.6) is 0 Å². The Morgan fingerprint density at radius 3 is 1.93 bits per heavy atom. The van der Waals surface area contributed by atoms with Crippen LogP contribution >= 0.6 is 0 Å². The van der Waals surface area contributed by atoms with Gasteiger partial charge in [-0.1, -0.05) is 6.92 Å². The number of nitrogens with zero attached hydrogens (tertiary/aromatic N) is 4. The topological polar surface area (TPSA) is 13.0 Å². The summed E-state index contributed by atoms with van der Waals surface area (Å²) in [6.45, 7) is 22.7. The molecule has 0 N–H and O–H groups in total. The summed E-state index contributed by atoms with van der Waals surface area (Å²) >= 11 is 0. The highest BCUT2D eigenvalue weighted by Gasteiger charge is 2.48. The zero-order chi connectivity index (χ0) is 20.5. The van der Waals surface area contributed by atoms with Crippen molar-refractivity contribution in [3.05, 3.63) is 0 Å². The molecule has 3 aliphatic heterocycles. The highest BCUT2D eigenvalue weighted by atomic mass is 15.3. The lowest BCUT2D eigenvalue weighted by atomic mass is 9.59. The average molecular weight is 405 g/mol. The van der Waals surface area contributed by atoms with E-state index >= 15 is 0 Å². The van der Waals surface area contributed by atoms with Crippen molar-refractivity contribution in [2.45, 2.75) is 84.2 Å². The number of rotatable bonds is 5. The van der Waals surface area contributed by atoms with Crippen LogP contribution in [0.2, 0.25) is 0 Å². The third kappa shape index (κ3) is 5.37. The van der Waals surface area contributed by atoms with Crippen LogP contribution in [0.4, 0.5) is 0 Å². The summed E-state index contributed by atoms with van der Waals surface area (Å²) in [7, 11) is 0. The zero-order valence-electron chi connectivity index (χ0n) is 20.0. The zero-order valence-corrected chi connectivity index (χ0v) is 20.0. The number of hydrogen-bond acceptors (Lipinski definition) is 4. The highest BCUT2D eigenvalue weighted by Crippen LogP contribution is 2.52. The summed E-state index contributed by atoms with van der Waals surface area (Å²) in [4.78, 5) is 11.0. The van der Waals surface area contributed by atoms with E-state index in [2.05, 4.69) is 47.3 Å². The highest BCUT2D eigenvalue weighted by molar-refractivity contribution is 5.02. The maximum atomic E-state index is 2.87. The second-order valence-electron chi connectivity index (χ2n) is 11.8. The molecule has 1 saturated carbocycles. The minimum Gasteiger partial charge on any atom is -0.301 e. The summed E-state index contributed by atoms with van der Waals surface area (Å²) in [5.74, 6) is 0.952. The van der Waals surface area contributed by atoms with Crippen LogP contribution in [0.1, 0.15) is 72.6 Å². The van der Waals surface area contributed by atoms with E-state index < -0.39 is 0 Å². The van der Waals surface area contributed by atoms with Gasteiger partial charge in [0.15, 0.2) is 0 Å². The Kier molecular flexibility index (Phi) is 6.95. The Morgan fingerprint density at radius 1 is 0.793 bits per heavy atom. The number of piperidine rings is 2. The standard InChI is InChI=1S/C25H48N4/c1-5-10-26-15-17-27(18-16-26)21-22-6-11-28(12-7-22)23-19-25(20-23)8-13-29(14-9-25)24(2,3)4/h22-23H,5-21H2,1-4H3. The third-order valence-electron chi connectivity index (χ3n) is 8.80. The molecule has 4 nitrogen and oxygen atoms in total. The fourth-order valence-electron chi connectivity index (χ4n) is 6.64. The molecule has 1 aliphatic carbocycles. The second-order valence-corrected chi connectivity index (χ2v) is 11.8. The molecule has 29 heavy (non-hydrogen) atoms. The first kappa shape index (κ1) is 22.0. The molecule has 4 aliphatic rings. The van der Waals surface area contributed by atoms with Crippen molar-refractivity contribution >= 4 is 0 Å². The SMILES string of the molecule is CCCN1CCN(CC2CCN(C3CC4(CCN(C(C)(C)C)CC4)C3)CC2)CC1. The molecule has 0 bridgehead atoms. The van der Waals surface area contributed by atoms with Gasteiger partial charge in [-0.2, -0.15) is 0 Å². The van der Waals surface area contributed by atoms with E-state index in [4.69, 9.17) is 0 Å². The molecule has 4 heteroatoms. The fraction of sp³-hybridized carbons (Fsp3) is 1.00. The smallest absolute Gasteiger partial charge is 0.0125 e. The lowest BCUT2D eigenvalue weighted by molar-refractivity contribution is -0.0657. The second kappa shape index (κ2) is 9.14. The van der Waals surface area contributed by atoms with Crippen molar-refractivity contribution in [2.24, 2.45) is 11.3 Å². The normalized spacial score (nSPS) is 29.4. The van der Waals surface area contributed by atoms with Gasteiger partial charge in [0.2, 0.25) is 0 Å². The van der Waals surface area contributed by atoms with Crippen LogP contribution in [0.3, 0.4) is 0 Å². The largest absolute Gasteiger partial charge is 0.301 e. The number of hydrogen-bond donors (Lipinski definition) is 0. The summed E-state index contributed by atoms with van der Waals surface area (Å²) in [5.41, 5.74) is 1.07. The van der Waals surface area contributed by atoms with Crippen LogP contribution in [0.15, 0.2) is 0 Å². The molecule has 0 radical (unpaired) electrons. The Morgan fingerprint density at radius 2 is 1.38 bits per heavy atom. The van der Waals surface area contributed by atoms with Crippen LogP contribution < -0.4 is 0 Å². The lowest BCUT2D eigenvalue weighted by Gasteiger charge is -2.57. The summed E-state index contributed by atoms with van der Waals surface area (Å²) in [6.07, 6.45) is 10.1. The van der Waals surface area contributed by atoms with Gasteiger partial charge in [-0.25, -0.2) is 0 Å². The number of likely N-dealkylation sites (tertiary alicyclic amines) is 2. The Labute approximate surface area is 181 Å². The van der Waals surface area contributed by atoms with Crippen LogP contribution in [0, 0.1) is 11.3 Å². The minimum absolute atomic E-state index is 0.356. The van der Waals surface area contributed by atoms with E-state index in [9.17, 15) is 0 Å². The van der Waals surface area contributed by atoms with E-state index in [-0.39, 0.29) is 0 Å². The molecule has 4 fully saturated rings. The average Bonchev–Trinajstić information content (AvgIpc) is 2.68. The van der Waals surface area contributed by atoms with Crippen molar-refractivity contribution in [3.8, 4) is 0 Å². The molecule has 4 rings (SSSR count). The maximum absolute atomic E-state index is 2.87. The molecule has 0 amide bonds. The fourth-order valence-corrected chi connectivity index (χ4v) is 6.64. The first-order chi connectivity index (χ1) is 13.9. The molecule has 0 unspecified atom stereocenters. The molecule has 0 aromatic rings. The van der Waals surface area contributed by atoms with Crippen molar-refractivity contribution in [1.82, 2.24) is 19.6 Å². The molecule has 0 aromatic carbocycles. The van der Waals surface area contributed by atoms with Crippen LogP contribution in [0.25, 0.3) is 0 Å². The van der Waals surface area contributed by atoms with Crippen molar-refractivity contribution in [1.29, 1.82) is 0 Å². The molecular weight excluding hydrogens is 356 g/mol. The first-order valence-electron chi connectivity index (χ1n) is 12.8. The Balaban J connectivity index is 1.13. The molecule has 1 spiro atoms. The van der Waals surface area contributed by atoms with Gasteiger partial charge >= 0.3 is 0 Å². The molecule has 0 aromatic heterocycles. The van der Waals surface area contributed by atoms with E-state index in [1.807, 2.05) is 0 Å². The summed E-state index contributed by atoms with van der Waals surface area (Å²) in [5, 5.41) is 0. The van der Waals surface area contributed by atoms with Crippen molar-refractivity contribution in [2.75, 3.05) is 65.4 Å². The van der Waals surface area contributed by atoms with Gasteiger partial charge in [0.1, 0.15) is 0 Å². The molecule has 3 saturated heterocycles. The molecule has 0 atom stereocenters. The molecule has 3 heterocycles. The van der Waals surface area contributed by atoms with Gasteiger partial charge in [-0.05, 0) is 110 Å². The van der Waals surface area contributed by atoms with E-state index in [0.717, 1.165) is 12.0 Å². The van der Waals surface area contributed by atoms with Gasteiger partial charge < -0.3 is 14.7 Å². The summed E-state index contributed by atoms with van der Waals surface area (Å²) in [6, 6.07) is 0.912. The monoisotopic (exact) mass is 404 g/mol. The Bertz CT molecular complexity index is 495. The molecular formula is C25H48N4. The van der Waals surface area contributed by atoms with E-state index in [1.165, 1.54) is 110 Å². The van der Waals surface area contributed by atoms with Crippen LogP contribution in [-0.4, -0.2) is 96.6 Å². The van der Waals surface area contributed by atoms with E-state index in [0.29, 0.717) is 11.0 Å². The molecule has 168 valence electrons. The van der Waals surface area contributed by atoms with E-state index in [1.54, 1.807) is 0 Å². The van der Waals surface area contributed by atoms with Gasteiger partial charge in [0, 0.05) is 44.3 Å². The third-order valence-corrected chi connectivity index (χ3v) is 8.80. The number of piperazine rings is 1. The maximum Gasteiger partial charge on any atom is 0.0125 e. The minimum atomic E-state index is 0.356. The van der Waals surface area contributed by atoms with Gasteiger partial charge in [-0.3, -0.25) is 4.90 Å². The predicted octanol–water partition coefficient (Wildman–Crippen LogP) is 3.77.